The molecule has 130 valence electrons. The summed E-state index contributed by atoms with van der Waals surface area (Å²) < 4.78 is 0. The zero-order valence-electron chi connectivity index (χ0n) is 13.5. The Morgan fingerprint density at radius 3 is 2.40 bits per heavy atom. The first-order valence-corrected chi connectivity index (χ1v) is 7.49. The van der Waals surface area contributed by atoms with Crippen molar-refractivity contribution in [1.82, 2.24) is 5.32 Å². The van der Waals surface area contributed by atoms with E-state index in [4.69, 9.17) is 0 Å². The van der Waals surface area contributed by atoms with Crippen LogP contribution in [0.25, 0.3) is 0 Å². The highest BCUT2D eigenvalue weighted by Gasteiger charge is 2.13. The maximum Gasteiger partial charge on any atom is 0.270 e. The lowest BCUT2D eigenvalue weighted by atomic mass is 10.1. The molecule has 1 amide bonds. The number of non-ortho nitro benzene ring substituents is 1. The molecule has 25 heavy (non-hydrogen) atoms. The van der Waals surface area contributed by atoms with Gasteiger partial charge in [-0.15, -0.1) is 0 Å². The number of anilines is 1. The number of carbonyl (C=O) groups excluding carboxylic acids is 2. The topological polar surface area (TPSA) is 122 Å². The molecule has 0 aromatic heterocycles. The van der Waals surface area contributed by atoms with Crippen LogP contribution in [0.15, 0.2) is 42.5 Å². The second-order valence-electron chi connectivity index (χ2n) is 5.27. The number of nitro groups is 1. The third kappa shape index (κ3) is 4.77. The van der Waals surface area contributed by atoms with E-state index >= 15 is 0 Å². The van der Waals surface area contributed by atoms with Gasteiger partial charge in [0.05, 0.1) is 4.92 Å². The van der Waals surface area contributed by atoms with Gasteiger partial charge in [0.1, 0.15) is 5.75 Å². The maximum atomic E-state index is 11.9. The number of phenols is 1. The van der Waals surface area contributed by atoms with Crippen LogP contribution in [0.2, 0.25) is 0 Å². The second kappa shape index (κ2) is 7.91. The molecular formula is C17H17N3O5. The predicted octanol–water partition coefficient (Wildman–Crippen LogP) is 2.34. The first-order chi connectivity index (χ1) is 11.9. The second-order valence-corrected chi connectivity index (χ2v) is 5.27. The average Bonchev–Trinajstić information content (AvgIpc) is 2.58. The monoisotopic (exact) mass is 343 g/mol. The Bertz CT molecular complexity index is 802. The zero-order valence-corrected chi connectivity index (χ0v) is 13.5. The highest BCUT2D eigenvalue weighted by atomic mass is 16.6. The fourth-order valence-electron chi connectivity index (χ4n) is 2.18. The number of ketones is 1. The summed E-state index contributed by atoms with van der Waals surface area (Å²) in [4.78, 5) is 33.8. The van der Waals surface area contributed by atoms with Gasteiger partial charge in [0.2, 0.25) is 0 Å². The Morgan fingerprint density at radius 2 is 1.80 bits per heavy atom. The molecule has 0 bridgehead atoms. The third-order valence-electron chi connectivity index (χ3n) is 3.45. The van der Waals surface area contributed by atoms with E-state index in [1.807, 2.05) is 0 Å². The molecule has 0 spiro atoms. The minimum absolute atomic E-state index is 0.0770. The normalized spacial score (nSPS) is 10.1. The van der Waals surface area contributed by atoms with Crippen LogP contribution in [0.4, 0.5) is 11.4 Å². The molecule has 0 aliphatic rings. The van der Waals surface area contributed by atoms with E-state index in [0.29, 0.717) is 17.8 Å². The molecule has 8 heteroatoms. The van der Waals surface area contributed by atoms with E-state index in [9.17, 15) is 24.8 Å². The quantitative estimate of drug-likeness (QED) is 0.307. The van der Waals surface area contributed by atoms with Crippen molar-refractivity contribution >= 4 is 23.1 Å². The predicted molar refractivity (Wildman–Crippen MR) is 92.0 cm³/mol. The van der Waals surface area contributed by atoms with Gasteiger partial charge in [-0.05, 0) is 37.3 Å². The molecule has 8 nitrogen and oxygen atoms in total. The SMILES string of the molecule is CC(=O)c1cc([N+](=O)[O-])ccc1NCCNC(=O)c1ccc(O)cc1. The molecule has 3 N–H and O–H groups in total. The number of nitro benzene ring substituents is 1. The van der Waals surface area contributed by atoms with Gasteiger partial charge in [0, 0.05) is 42.0 Å². The molecule has 0 fully saturated rings. The van der Waals surface area contributed by atoms with Gasteiger partial charge in [-0.2, -0.15) is 0 Å². The van der Waals surface area contributed by atoms with Crippen molar-refractivity contribution in [3.8, 4) is 5.75 Å². The Kier molecular flexibility index (Phi) is 5.67. The van der Waals surface area contributed by atoms with Gasteiger partial charge < -0.3 is 15.7 Å². The number of phenolic OH excluding ortho intramolecular Hbond substituents is 1. The van der Waals surface area contributed by atoms with Crippen LogP contribution >= 0.6 is 0 Å². The molecule has 0 saturated carbocycles. The average molecular weight is 343 g/mol. The number of carbonyl (C=O) groups is 2. The number of nitrogens with one attached hydrogen (secondary N) is 2. The molecule has 0 radical (unpaired) electrons. The smallest absolute Gasteiger partial charge is 0.270 e. The first-order valence-electron chi connectivity index (χ1n) is 7.49. The van der Waals surface area contributed by atoms with Gasteiger partial charge in [-0.25, -0.2) is 0 Å². The molecule has 2 rings (SSSR count). The molecule has 0 unspecified atom stereocenters. The number of nitrogens with zero attached hydrogens (tertiary/aromatic N) is 1. The first kappa shape index (κ1) is 17.9. The molecular weight excluding hydrogens is 326 g/mol. The summed E-state index contributed by atoms with van der Waals surface area (Å²) in [6, 6.07) is 9.84. The number of hydrogen-bond donors (Lipinski definition) is 3. The lowest BCUT2D eigenvalue weighted by Crippen LogP contribution is -2.28. The van der Waals surface area contributed by atoms with Crippen LogP contribution in [0.1, 0.15) is 27.6 Å². The minimum Gasteiger partial charge on any atom is -0.508 e. The van der Waals surface area contributed by atoms with Crippen LogP contribution < -0.4 is 10.6 Å². The fourth-order valence-corrected chi connectivity index (χ4v) is 2.18. The van der Waals surface area contributed by atoms with Crippen molar-refractivity contribution in [3.63, 3.8) is 0 Å². The fraction of sp³-hybridized carbons (Fsp3) is 0.176. The van der Waals surface area contributed by atoms with Crippen LogP contribution in [-0.4, -0.2) is 34.8 Å². The van der Waals surface area contributed by atoms with Gasteiger partial charge >= 0.3 is 0 Å². The van der Waals surface area contributed by atoms with Crippen LogP contribution in [0, 0.1) is 10.1 Å². The third-order valence-corrected chi connectivity index (χ3v) is 3.45. The lowest BCUT2D eigenvalue weighted by molar-refractivity contribution is -0.384. The van der Waals surface area contributed by atoms with Crippen LogP contribution in [-0.2, 0) is 0 Å². The lowest BCUT2D eigenvalue weighted by Gasteiger charge is -2.11. The van der Waals surface area contributed by atoms with Crippen LogP contribution in [0.3, 0.4) is 0 Å². The highest BCUT2D eigenvalue weighted by molar-refractivity contribution is 6.00. The largest absolute Gasteiger partial charge is 0.508 e. The van der Waals surface area contributed by atoms with E-state index in [2.05, 4.69) is 10.6 Å². The van der Waals surface area contributed by atoms with Crippen LogP contribution in [0.5, 0.6) is 5.75 Å². The summed E-state index contributed by atoms with van der Waals surface area (Å²) in [5.74, 6) is -0.509. The number of amides is 1. The number of benzene rings is 2. The molecule has 0 heterocycles. The van der Waals surface area contributed by atoms with Crippen molar-refractivity contribution in [2.45, 2.75) is 6.92 Å². The summed E-state index contributed by atoms with van der Waals surface area (Å²) in [5, 5.41) is 25.6. The summed E-state index contributed by atoms with van der Waals surface area (Å²) in [5.41, 5.74) is 0.949. The zero-order chi connectivity index (χ0) is 18.4. The van der Waals surface area contributed by atoms with Crippen molar-refractivity contribution in [2.24, 2.45) is 0 Å². The molecule has 2 aromatic carbocycles. The summed E-state index contributed by atoms with van der Waals surface area (Å²) in [6.07, 6.45) is 0. The van der Waals surface area contributed by atoms with Crippen molar-refractivity contribution in [1.29, 1.82) is 0 Å². The van der Waals surface area contributed by atoms with E-state index < -0.39 is 4.92 Å². The van der Waals surface area contributed by atoms with Gasteiger partial charge in [-0.3, -0.25) is 19.7 Å². The number of hydrogen-bond acceptors (Lipinski definition) is 6. The molecule has 0 saturated heterocycles. The maximum absolute atomic E-state index is 11.9. The Hall–Kier alpha value is -3.42. The van der Waals surface area contributed by atoms with Gasteiger partial charge in [0.15, 0.2) is 5.78 Å². The highest BCUT2D eigenvalue weighted by Crippen LogP contribution is 2.22. The number of aromatic hydroxyl groups is 1. The number of rotatable bonds is 7. The summed E-state index contributed by atoms with van der Waals surface area (Å²) in [6.45, 7) is 1.95. The standard InChI is InChI=1S/C17H17N3O5/c1-11(21)15-10-13(20(24)25)4-7-16(15)18-8-9-19-17(23)12-2-5-14(22)6-3-12/h2-7,10,18,22H,8-9H2,1H3,(H,19,23). The molecule has 0 atom stereocenters. The van der Waals surface area contributed by atoms with E-state index in [1.54, 1.807) is 0 Å². The van der Waals surface area contributed by atoms with E-state index in [-0.39, 0.29) is 35.2 Å². The van der Waals surface area contributed by atoms with Crippen molar-refractivity contribution in [2.75, 3.05) is 18.4 Å². The van der Waals surface area contributed by atoms with Crippen molar-refractivity contribution in [3.05, 3.63) is 63.7 Å². The molecule has 2 aromatic rings. The van der Waals surface area contributed by atoms with Gasteiger partial charge in [0.25, 0.3) is 11.6 Å². The van der Waals surface area contributed by atoms with Gasteiger partial charge in [-0.1, -0.05) is 0 Å². The van der Waals surface area contributed by atoms with E-state index in [1.165, 1.54) is 49.4 Å². The molecule has 0 aliphatic carbocycles. The number of Topliss-reactive ketones (excluding diaryl/α,β-unsaturated/α-hetero) is 1. The van der Waals surface area contributed by atoms with Crippen molar-refractivity contribution < 1.29 is 19.6 Å². The Balaban J connectivity index is 1.93. The Morgan fingerprint density at radius 1 is 1.12 bits per heavy atom. The van der Waals surface area contributed by atoms with E-state index in [0.717, 1.165) is 0 Å². The Labute approximate surface area is 143 Å². The summed E-state index contributed by atoms with van der Waals surface area (Å²) in [7, 11) is 0. The molecule has 0 aliphatic heterocycles. The summed E-state index contributed by atoms with van der Waals surface area (Å²) >= 11 is 0. The minimum atomic E-state index is -0.561.